The molecule has 146 valence electrons. The molecule has 0 aliphatic heterocycles. The Hall–Kier alpha value is -3.32. The van der Waals surface area contributed by atoms with Crippen LogP contribution in [0.15, 0.2) is 61.1 Å². The van der Waals surface area contributed by atoms with E-state index in [1.165, 1.54) is 5.56 Å². The molecule has 1 unspecified atom stereocenters. The predicted octanol–water partition coefficient (Wildman–Crippen LogP) is 3.85. The van der Waals surface area contributed by atoms with Crippen LogP contribution in [0.1, 0.15) is 24.4 Å². The first-order valence-corrected chi connectivity index (χ1v) is 9.80. The van der Waals surface area contributed by atoms with Crippen molar-refractivity contribution in [2.45, 2.75) is 31.5 Å². The van der Waals surface area contributed by atoms with Crippen molar-refractivity contribution >= 4 is 17.1 Å². The van der Waals surface area contributed by atoms with Crippen LogP contribution in [0.5, 0.6) is 0 Å². The highest BCUT2D eigenvalue weighted by molar-refractivity contribution is 5.77. The first-order chi connectivity index (χ1) is 14.3. The quantitative estimate of drug-likeness (QED) is 0.486. The summed E-state index contributed by atoms with van der Waals surface area (Å²) >= 11 is 0. The third-order valence-electron chi connectivity index (χ3n) is 5.12. The molecule has 1 aromatic carbocycles. The molecule has 3 aromatic heterocycles. The van der Waals surface area contributed by atoms with E-state index in [4.69, 9.17) is 14.7 Å². The zero-order valence-electron chi connectivity index (χ0n) is 16.2. The number of hydrogen-bond acceptors (Lipinski definition) is 6. The van der Waals surface area contributed by atoms with Gasteiger partial charge in [0.25, 0.3) is 0 Å². The maximum Gasteiger partial charge on any atom is 0.226 e. The minimum Gasteiger partial charge on any atom is -0.361 e. The summed E-state index contributed by atoms with van der Waals surface area (Å²) in [6, 6.07) is 14.6. The number of nitrogens with one attached hydrogen (secondary N) is 1. The SMILES string of the molecule is COC(Cc1ccccc1)Nc1ncc2nc(-c3ccncc3)n(C3CC3)c2n1. The second kappa shape index (κ2) is 7.60. The van der Waals surface area contributed by atoms with Gasteiger partial charge in [0.05, 0.1) is 6.20 Å². The lowest BCUT2D eigenvalue weighted by atomic mass is 10.1. The van der Waals surface area contributed by atoms with E-state index in [1.54, 1.807) is 25.7 Å². The van der Waals surface area contributed by atoms with Gasteiger partial charge in [-0.1, -0.05) is 30.3 Å². The van der Waals surface area contributed by atoms with Gasteiger partial charge in [-0.2, -0.15) is 4.98 Å². The number of rotatable bonds is 7. The number of pyridine rings is 1. The number of imidazole rings is 1. The van der Waals surface area contributed by atoms with Crippen molar-refractivity contribution in [1.29, 1.82) is 0 Å². The Bertz CT molecular complexity index is 1110. The molecule has 0 spiro atoms. The topological polar surface area (TPSA) is 77.8 Å². The lowest BCUT2D eigenvalue weighted by molar-refractivity contribution is 0.125. The molecule has 5 rings (SSSR count). The molecule has 1 atom stereocenters. The van der Waals surface area contributed by atoms with Crippen molar-refractivity contribution in [2.24, 2.45) is 0 Å². The lowest BCUT2D eigenvalue weighted by Gasteiger charge is -2.17. The Balaban J connectivity index is 1.47. The summed E-state index contributed by atoms with van der Waals surface area (Å²) in [6.45, 7) is 0. The molecule has 1 saturated carbocycles. The maximum absolute atomic E-state index is 5.61. The van der Waals surface area contributed by atoms with Gasteiger partial charge < -0.3 is 14.6 Å². The smallest absolute Gasteiger partial charge is 0.226 e. The van der Waals surface area contributed by atoms with Crippen molar-refractivity contribution in [1.82, 2.24) is 24.5 Å². The first-order valence-electron chi connectivity index (χ1n) is 9.80. The summed E-state index contributed by atoms with van der Waals surface area (Å²) in [7, 11) is 1.69. The van der Waals surface area contributed by atoms with E-state index < -0.39 is 0 Å². The third kappa shape index (κ3) is 3.69. The zero-order chi connectivity index (χ0) is 19.6. The van der Waals surface area contributed by atoms with E-state index >= 15 is 0 Å². The zero-order valence-corrected chi connectivity index (χ0v) is 16.2. The van der Waals surface area contributed by atoms with Gasteiger partial charge in [-0.05, 0) is 30.5 Å². The number of ether oxygens (including phenoxy) is 1. The van der Waals surface area contributed by atoms with Crippen LogP contribution in [0.4, 0.5) is 5.95 Å². The molecule has 0 amide bonds. The average Bonchev–Trinajstić information content (AvgIpc) is 3.54. The Labute approximate surface area is 168 Å². The molecule has 3 heterocycles. The van der Waals surface area contributed by atoms with Crippen molar-refractivity contribution in [3.05, 3.63) is 66.6 Å². The van der Waals surface area contributed by atoms with E-state index in [0.717, 1.165) is 41.8 Å². The average molecular weight is 386 g/mol. The molecule has 1 fully saturated rings. The summed E-state index contributed by atoms with van der Waals surface area (Å²) in [6.07, 6.45) is 8.16. The van der Waals surface area contributed by atoms with Gasteiger partial charge in [-0.25, -0.2) is 9.97 Å². The van der Waals surface area contributed by atoms with Crippen LogP contribution in [-0.4, -0.2) is 37.8 Å². The van der Waals surface area contributed by atoms with E-state index in [0.29, 0.717) is 12.0 Å². The van der Waals surface area contributed by atoms with Crippen LogP contribution in [0.2, 0.25) is 0 Å². The fraction of sp³-hybridized carbons (Fsp3) is 0.273. The van der Waals surface area contributed by atoms with E-state index in [-0.39, 0.29) is 6.23 Å². The van der Waals surface area contributed by atoms with E-state index in [9.17, 15) is 0 Å². The number of benzene rings is 1. The van der Waals surface area contributed by atoms with Gasteiger partial charge in [0, 0.05) is 37.5 Å². The molecule has 1 aliphatic rings. The van der Waals surface area contributed by atoms with Crippen molar-refractivity contribution < 1.29 is 4.74 Å². The van der Waals surface area contributed by atoms with Gasteiger partial charge >= 0.3 is 0 Å². The minimum atomic E-state index is -0.216. The second-order valence-corrected chi connectivity index (χ2v) is 7.23. The summed E-state index contributed by atoms with van der Waals surface area (Å²) in [5.41, 5.74) is 3.88. The predicted molar refractivity (Wildman–Crippen MR) is 111 cm³/mol. The molecule has 0 bridgehead atoms. The molecule has 29 heavy (non-hydrogen) atoms. The van der Waals surface area contributed by atoms with Gasteiger partial charge in [0.1, 0.15) is 17.6 Å². The van der Waals surface area contributed by atoms with Crippen LogP contribution >= 0.6 is 0 Å². The van der Waals surface area contributed by atoms with Gasteiger partial charge in [0.15, 0.2) is 5.65 Å². The van der Waals surface area contributed by atoms with Crippen molar-refractivity contribution in [2.75, 3.05) is 12.4 Å². The highest BCUT2D eigenvalue weighted by atomic mass is 16.5. The normalized spacial score (nSPS) is 14.8. The molecule has 7 heteroatoms. The standard InChI is InChI=1S/C22H22N6O/c1-29-19(13-15-5-3-2-4-6-15)26-22-24-14-18-21(27-22)28(17-7-8-17)20(25-18)16-9-11-23-12-10-16/h2-6,9-12,14,17,19H,7-8,13H2,1H3,(H,24,26,27). The van der Waals surface area contributed by atoms with Gasteiger partial charge in [-0.15, -0.1) is 0 Å². The Morgan fingerprint density at radius 1 is 1.10 bits per heavy atom. The highest BCUT2D eigenvalue weighted by Gasteiger charge is 2.29. The first kappa shape index (κ1) is 17.8. The summed E-state index contributed by atoms with van der Waals surface area (Å²) in [5.74, 6) is 1.47. The highest BCUT2D eigenvalue weighted by Crippen LogP contribution is 2.40. The van der Waals surface area contributed by atoms with Crippen molar-refractivity contribution in [3.63, 3.8) is 0 Å². The minimum absolute atomic E-state index is 0.216. The molecule has 0 radical (unpaired) electrons. The summed E-state index contributed by atoms with van der Waals surface area (Å²) < 4.78 is 7.85. The number of aromatic nitrogens is 5. The molecule has 1 aliphatic carbocycles. The largest absolute Gasteiger partial charge is 0.361 e. The van der Waals surface area contributed by atoms with Crippen LogP contribution in [0, 0.1) is 0 Å². The molecule has 4 aromatic rings. The molecule has 1 N–H and O–H groups in total. The molecular formula is C22H22N6O. The van der Waals surface area contributed by atoms with Crippen LogP contribution in [0.3, 0.4) is 0 Å². The van der Waals surface area contributed by atoms with E-state index in [2.05, 4.69) is 32.0 Å². The Morgan fingerprint density at radius 2 is 1.90 bits per heavy atom. The van der Waals surface area contributed by atoms with Crippen LogP contribution < -0.4 is 5.32 Å². The summed E-state index contributed by atoms with van der Waals surface area (Å²) in [5, 5.41) is 3.31. The lowest BCUT2D eigenvalue weighted by Crippen LogP contribution is -2.25. The fourth-order valence-corrected chi connectivity index (χ4v) is 3.51. The molecular weight excluding hydrogens is 364 g/mol. The molecule has 7 nitrogen and oxygen atoms in total. The van der Waals surface area contributed by atoms with Crippen LogP contribution in [0.25, 0.3) is 22.6 Å². The number of methoxy groups -OCH3 is 1. The maximum atomic E-state index is 5.61. The molecule has 0 saturated heterocycles. The monoisotopic (exact) mass is 386 g/mol. The number of hydrogen-bond donors (Lipinski definition) is 1. The van der Waals surface area contributed by atoms with E-state index in [1.807, 2.05) is 30.3 Å². The van der Waals surface area contributed by atoms with Crippen LogP contribution in [-0.2, 0) is 11.2 Å². The Morgan fingerprint density at radius 3 is 2.62 bits per heavy atom. The Kier molecular flexibility index (Phi) is 4.65. The van der Waals surface area contributed by atoms with Gasteiger partial charge in [-0.3, -0.25) is 4.98 Å². The van der Waals surface area contributed by atoms with Crippen molar-refractivity contribution in [3.8, 4) is 11.4 Å². The third-order valence-corrected chi connectivity index (χ3v) is 5.12. The fourth-order valence-electron chi connectivity index (χ4n) is 3.51. The number of anilines is 1. The van der Waals surface area contributed by atoms with Gasteiger partial charge in [0.2, 0.25) is 5.95 Å². The second-order valence-electron chi connectivity index (χ2n) is 7.23. The number of fused-ring (bicyclic) bond motifs is 1. The number of nitrogens with zero attached hydrogens (tertiary/aromatic N) is 5. The summed E-state index contributed by atoms with van der Waals surface area (Å²) in [4.78, 5) is 18.2.